The van der Waals surface area contributed by atoms with Gasteiger partial charge in [-0.1, -0.05) is 17.8 Å². The van der Waals surface area contributed by atoms with Crippen LogP contribution in [0.15, 0.2) is 11.6 Å². The highest BCUT2D eigenvalue weighted by molar-refractivity contribution is 7.13. The summed E-state index contributed by atoms with van der Waals surface area (Å²) < 4.78 is 3.91. The summed E-state index contributed by atoms with van der Waals surface area (Å²) >= 11 is 2.83. The zero-order valence-electron chi connectivity index (χ0n) is 12.5. The number of thiazole rings is 1. The molecule has 1 N–H and O–H groups in total. The van der Waals surface area contributed by atoms with Crippen LogP contribution in [0.25, 0.3) is 0 Å². The first-order chi connectivity index (χ1) is 10.8. The number of aryl methyl sites for hydroxylation is 1. The van der Waals surface area contributed by atoms with Crippen LogP contribution in [-0.4, -0.2) is 39.6 Å². The van der Waals surface area contributed by atoms with E-state index >= 15 is 0 Å². The Hall–Kier alpha value is -1.54. The first kappa shape index (κ1) is 15.4. The van der Waals surface area contributed by atoms with Crippen molar-refractivity contribution < 1.29 is 4.79 Å². The second kappa shape index (κ2) is 7.15. The van der Waals surface area contributed by atoms with E-state index in [1.807, 2.05) is 11.6 Å². The van der Waals surface area contributed by atoms with Crippen LogP contribution in [0.3, 0.4) is 0 Å². The van der Waals surface area contributed by atoms with Crippen molar-refractivity contribution in [1.82, 2.24) is 19.9 Å². The van der Waals surface area contributed by atoms with Gasteiger partial charge >= 0.3 is 0 Å². The molecule has 3 rings (SSSR count). The monoisotopic (exact) mass is 337 g/mol. The Labute approximate surface area is 137 Å². The topological polar surface area (TPSA) is 71.0 Å². The molecule has 2 aromatic heterocycles. The molecule has 6 nitrogen and oxygen atoms in total. The standard InChI is InChI=1S/C14H19N5OS2/c1-2-4-11-12(22-18-17-11)13(20)16-9-10-5-3-7-19(10)14-15-6-8-21-14/h6,8,10H,2-5,7,9H2,1H3,(H,16,20). The van der Waals surface area contributed by atoms with Gasteiger partial charge in [-0.15, -0.1) is 16.4 Å². The van der Waals surface area contributed by atoms with E-state index in [2.05, 4.69) is 31.7 Å². The smallest absolute Gasteiger partial charge is 0.265 e. The fraction of sp³-hybridized carbons (Fsp3) is 0.571. The van der Waals surface area contributed by atoms with Crippen molar-refractivity contribution in [3.8, 4) is 0 Å². The number of carbonyl (C=O) groups is 1. The van der Waals surface area contributed by atoms with Crippen molar-refractivity contribution in [3.05, 3.63) is 22.1 Å². The van der Waals surface area contributed by atoms with Gasteiger partial charge in [0.05, 0.1) is 5.69 Å². The number of nitrogens with one attached hydrogen (secondary N) is 1. The highest BCUT2D eigenvalue weighted by Crippen LogP contribution is 2.26. The Morgan fingerprint density at radius 2 is 2.45 bits per heavy atom. The summed E-state index contributed by atoms with van der Waals surface area (Å²) in [5.74, 6) is -0.0514. The molecule has 22 heavy (non-hydrogen) atoms. The van der Waals surface area contributed by atoms with Crippen LogP contribution in [0.5, 0.6) is 0 Å². The van der Waals surface area contributed by atoms with Gasteiger partial charge < -0.3 is 10.2 Å². The molecule has 1 amide bonds. The Morgan fingerprint density at radius 1 is 1.55 bits per heavy atom. The number of rotatable bonds is 6. The molecule has 1 aliphatic rings. The first-order valence-corrected chi connectivity index (χ1v) is 9.20. The van der Waals surface area contributed by atoms with Crippen molar-refractivity contribution >= 4 is 33.9 Å². The Bertz CT molecular complexity index is 613. The average molecular weight is 337 g/mol. The third-order valence-electron chi connectivity index (χ3n) is 3.79. The van der Waals surface area contributed by atoms with E-state index in [4.69, 9.17) is 0 Å². The van der Waals surface area contributed by atoms with E-state index in [0.717, 1.165) is 43.1 Å². The van der Waals surface area contributed by atoms with Gasteiger partial charge in [-0.3, -0.25) is 4.79 Å². The maximum Gasteiger partial charge on any atom is 0.265 e. The lowest BCUT2D eigenvalue weighted by atomic mass is 10.2. The number of amides is 1. The lowest BCUT2D eigenvalue weighted by Gasteiger charge is -2.24. The number of anilines is 1. The molecule has 0 radical (unpaired) electrons. The second-order valence-electron chi connectivity index (χ2n) is 5.31. The molecule has 0 aromatic carbocycles. The zero-order valence-corrected chi connectivity index (χ0v) is 14.1. The van der Waals surface area contributed by atoms with Crippen molar-refractivity contribution in [1.29, 1.82) is 0 Å². The van der Waals surface area contributed by atoms with Crippen molar-refractivity contribution in [2.45, 2.75) is 38.6 Å². The molecule has 0 bridgehead atoms. The summed E-state index contributed by atoms with van der Waals surface area (Å²) in [5, 5.41) is 10.1. The fourth-order valence-corrected chi connectivity index (χ4v) is 4.10. The highest BCUT2D eigenvalue weighted by Gasteiger charge is 2.27. The van der Waals surface area contributed by atoms with Crippen LogP contribution >= 0.6 is 22.9 Å². The summed E-state index contributed by atoms with van der Waals surface area (Å²) in [6.45, 7) is 3.73. The molecule has 1 saturated heterocycles. The van der Waals surface area contributed by atoms with E-state index in [1.165, 1.54) is 11.5 Å². The number of aromatic nitrogens is 3. The maximum absolute atomic E-state index is 12.3. The van der Waals surface area contributed by atoms with E-state index in [1.54, 1.807) is 11.3 Å². The molecule has 1 fully saturated rings. The molecular formula is C14H19N5OS2. The Balaban J connectivity index is 1.59. The molecule has 1 aliphatic heterocycles. The van der Waals surface area contributed by atoms with Crippen molar-refractivity contribution in [3.63, 3.8) is 0 Å². The molecule has 8 heteroatoms. The van der Waals surface area contributed by atoms with Crippen LogP contribution < -0.4 is 10.2 Å². The summed E-state index contributed by atoms with van der Waals surface area (Å²) in [4.78, 5) is 19.7. The normalized spacial score (nSPS) is 17.9. The van der Waals surface area contributed by atoms with Crippen LogP contribution in [0, 0.1) is 0 Å². The SMILES string of the molecule is CCCc1nnsc1C(=O)NCC1CCCN1c1nccs1. The van der Waals surface area contributed by atoms with Crippen LogP contribution in [0.2, 0.25) is 0 Å². The minimum absolute atomic E-state index is 0.0514. The van der Waals surface area contributed by atoms with Gasteiger partial charge in [0.2, 0.25) is 0 Å². The number of hydrogen-bond donors (Lipinski definition) is 1. The predicted octanol–water partition coefficient (Wildman–Crippen LogP) is 2.35. The summed E-state index contributed by atoms with van der Waals surface area (Å²) in [5.41, 5.74) is 0.813. The molecule has 118 valence electrons. The van der Waals surface area contributed by atoms with Gasteiger partial charge in [-0.25, -0.2) is 4.98 Å². The lowest BCUT2D eigenvalue weighted by molar-refractivity contribution is 0.0954. The molecule has 3 heterocycles. The quantitative estimate of drug-likeness (QED) is 0.876. The Kier molecular flexibility index (Phi) is 4.99. The largest absolute Gasteiger partial charge is 0.349 e. The minimum atomic E-state index is -0.0514. The average Bonchev–Trinajstić information content (AvgIpc) is 3.25. The second-order valence-corrected chi connectivity index (χ2v) is 6.94. The maximum atomic E-state index is 12.3. The number of hydrogen-bond acceptors (Lipinski definition) is 7. The molecule has 2 aromatic rings. The van der Waals surface area contributed by atoms with Crippen LogP contribution in [-0.2, 0) is 6.42 Å². The van der Waals surface area contributed by atoms with E-state index < -0.39 is 0 Å². The minimum Gasteiger partial charge on any atom is -0.349 e. The third kappa shape index (κ3) is 3.27. The molecule has 0 spiro atoms. The number of nitrogens with zero attached hydrogens (tertiary/aromatic N) is 4. The summed E-state index contributed by atoms with van der Waals surface area (Å²) in [7, 11) is 0. The van der Waals surface area contributed by atoms with Crippen molar-refractivity contribution in [2.75, 3.05) is 18.0 Å². The van der Waals surface area contributed by atoms with E-state index in [-0.39, 0.29) is 5.91 Å². The summed E-state index contributed by atoms with van der Waals surface area (Å²) in [6, 6.07) is 0.325. The lowest BCUT2D eigenvalue weighted by Crippen LogP contribution is -2.40. The van der Waals surface area contributed by atoms with Gasteiger partial charge in [0.15, 0.2) is 5.13 Å². The van der Waals surface area contributed by atoms with Crippen LogP contribution in [0.4, 0.5) is 5.13 Å². The van der Waals surface area contributed by atoms with E-state index in [0.29, 0.717) is 17.5 Å². The van der Waals surface area contributed by atoms with Gasteiger partial charge in [0.25, 0.3) is 5.91 Å². The zero-order chi connectivity index (χ0) is 15.4. The predicted molar refractivity (Wildman–Crippen MR) is 88.7 cm³/mol. The van der Waals surface area contributed by atoms with Gasteiger partial charge in [0.1, 0.15) is 4.88 Å². The highest BCUT2D eigenvalue weighted by atomic mass is 32.1. The van der Waals surface area contributed by atoms with Gasteiger partial charge in [-0.05, 0) is 30.8 Å². The van der Waals surface area contributed by atoms with Gasteiger partial charge in [0, 0.05) is 30.7 Å². The first-order valence-electron chi connectivity index (χ1n) is 7.55. The number of carbonyl (C=O) groups excluding carboxylic acids is 1. The molecule has 0 aliphatic carbocycles. The molecular weight excluding hydrogens is 318 g/mol. The summed E-state index contributed by atoms with van der Waals surface area (Å²) in [6.07, 6.45) is 5.82. The molecule has 1 atom stereocenters. The Morgan fingerprint density at radius 3 is 3.23 bits per heavy atom. The molecule has 0 saturated carbocycles. The third-order valence-corrected chi connectivity index (χ3v) is 5.36. The van der Waals surface area contributed by atoms with Gasteiger partial charge in [-0.2, -0.15) is 0 Å². The van der Waals surface area contributed by atoms with Crippen LogP contribution in [0.1, 0.15) is 41.6 Å². The van der Waals surface area contributed by atoms with Crippen molar-refractivity contribution in [2.24, 2.45) is 0 Å². The fourth-order valence-electron chi connectivity index (χ4n) is 2.73. The molecule has 1 unspecified atom stereocenters. The van der Waals surface area contributed by atoms with E-state index in [9.17, 15) is 4.79 Å².